The zero-order chi connectivity index (χ0) is 15.8. The van der Waals surface area contributed by atoms with Crippen LogP contribution in [0.2, 0.25) is 0 Å². The Bertz CT molecular complexity index is 499. The summed E-state index contributed by atoms with van der Waals surface area (Å²) >= 11 is 0. The number of amides is 1. The maximum Gasteiger partial charge on any atom is 0.303 e. The number of carbonyl (C=O) groups is 2. The third-order valence-corrected chi connectivity index (χ3v) is 3.64. The van der Waals surface area contributed by atoms with Crippen molar-refractivity contribution in [3.05, 3.63) is 29.3 Å². The zero-order valence-corrected chi connectivity index (χ0v) is 12.6. The summed E-state index contributed by atoms with van der Waals surface area (Å²) in [6.07, 6.45) is 2.48. The second-order valence-corrected chi connectivity index (χ2v) is 5.25. The Kier molecular flexibility index (Phi) is 6.72. The molecule has 0 bridgehead atoms. The number of phenols is 1. The van der Waals surface area contributed by atoms with Crippen molar-refractivity contribution in [1.29, 1.82) is 0 Å². The Morgan fingerprint density at radius 2 is 2.00 bits per heavy atom. The van der Waals surface area contributed by atoms with Crippen molar-refractivity contribution in [2.24, 2.45) is 5.92 Å². The smallest absolute Gasteiger partial charge is 0.303 e. The molecule has 1 aromatic rings. The van der Waals surface area contributed by atoms with Gasteiger partial charge >= 0.3 is 5.97 Å². The molecular formula is C16H23NO4. The topological polar surface area (TPSA) is 86.6 Å². The van der Waals surface area contributed by atoms with Crippen LogP contribution in [0.15, 0.2) is 18.2 Å². The average Bonchev–Trinajstić information content (AvgIpc) is 2.42. The van der Waals surface area contributed by atoms with Crippen molar-refractivity contribution >= 4 is 11.9 Å². The van der Waals surface area contributed by atoms with Crippen molar-refractivity contribution in [3.8, 4) is 5.75 Å². The van der Waals surface area contributed by atoms with E-state index in [1.165, 1.54) is 6.07 Å². The minimum Gasteiger partial charge on any atom is -0.508 e. The van der Waals surface area contributed by atoms with Crippen molar-refractivity contribution in [3.63, 3.8) is 0 Å². The summed E-state index contributed by atoms with van der Waals surface area (Å²) in [7, 11) is 0. The summed E-state index contributed by atoms with van der Waals surface area (Å²) in [5, 5.41) is 20.9. The van der Waals surface area contributed by atoms with Gasteiger partial charge in [0.05, 0.1) is 0 Å². The van der Waals surface area contributed by atoms with E-state index < -0.39 is 5.97 Å². The molecule has 0 saturated carbocycles. The number of aromatic hydroxyl groups is 1. The van der Waals surface area contributed by atoms with E-state index in [9.17, 15) is 14.7 Å². The highest BCUT2D eigenvalue weighted by molar-refractivity contribution is 5.95. The monoisotopic (exact) mass is 293 g/mol. The second-order valence-electron chi connectivity index (χ2n) is 5.25. The molecule has 0 radical (unpaired) electrons. The molecule has 1 unspecified atom stereocenters. The fourth-order valence-electron chi connectivity index (χ4n) is 2.27. The number of hydrogen-bond acceptors (Lipinski definition) is 3. The van der Waals surface area contributed by atoms with Gasteiger partial charge in [0.2, 0.25) is 0 Å². The third kappa shape index (κ3) is 5.85. The Balaban J connectivity index is 2.43. The Morgan fingerprint density at radius 1 is 1.29 bits per heavy atom. The first-order chi connectivity index (χ1) is 9.93. The first-order valence-corrected chi connectivity index (χ1v) is 7.23. The standard InChI is InChI=1S/C16H23NO4/c1-3-12(4-7-15(19)20)8-9-17-16(21)14-6-5-13(18)10-11(14)2/h5-6,10,12,18H,3-4,7-9H2,1-2H3,(H,17,21)(H,19,20). The number of aliphatic carboxylic acids is 1. The number of rotatable bonds is 8. The summed E-state index contributed by atoms with van der Waals surface area (Å²) in [5.41, 5.74) is 1.27. The van der Waals surface area contributed by atoms with Gasteiger partial charge in [-0.3, -0.25) is 9.59 Å². The van der Waals surface area contributed by atoms with Crippen LogP contribution in [0.3, 0.4) is 0 Å². The normalized spacial score (nSPS) is 11.9. The van der Waals surface area contributed by atoms with Crippen molar-refractivity contribution in [1.82, 2.24) is 5.32 Å². The number of benzene rings is 1. The molecule has 0 aliphatic carbocycles. The Hall–Kier alpha value is -2.04. The van der Waals surface area contributed by atoms with E-state index in [0.717, 1.165) is 18.4 Å². The summed E-state index contributed by atoms with van der Waals surface area (Å²) < 4.78 is 0. The first-order valence-electron chi connectivity index (χ1n) is 7.23. The SMILES string of the molecule is CCC(CCNC(=O)c1ccc(O)cc1C)CCC(=O)O. The van der Waals surface area contributed by atoms with Crippen LogP contribution >= 0.6 is 0 Å². The van der Waals surface area contributed by atoms with Gasteiger partial charge in [-0.25, -0.2) is 0 Å². The molecule has 116 valence electrons. The molecule has 0 aromatic heterocycles. The van der Waals surface area contributed by atoms with Gasteiger partial charge in [0.1, 0.15) is 5.75 Å². The van der Waals surface area contributed by atoms with Gasteiger partial charge in [-0.05, 0) is 49.4 Å². The van der Waals surface area contributed by atoms with Crippen molar-refractivity contribution in [2.75, 3.05) is 6.54 Å². The van der Waals surface area contributed by atoms with E-state index in [4.69, 9.17) is 5.11 Å². The molecule has 0 aliphatic heterocycles. The molecule has 21 heavy (non-hydrogen) atoms. The fraction of sp³-hybridized carbons (Fsp3) is 0.500. The summed E-state index contributed by atoms with van der Waals surface area (Å²) in [6, 6.07) is 4.64. The van der Waals surface area contributed by atoms with E-state index in [0.29, 0.717) is 24.4 Å². The molecule has 5 heteroatoms. The molecule has 0 aliphatic rings. The van der Waals surface area contributed by atoms with E-state index >= 15 is 0 Å². The van der Waals surface area contributed by atoms with Crippen LogP contribution in [0.4, 0.5) is 0 Å². The Morgan fingerprint density at radius 3 is 2.57 bits per heavy atom. The van der Waals surface area contributed by atoms with Crippen molar-refractivity contribution in [2.45, 2.75) is 39.5 Å². The van der Waals surface area contributed by atoms with Crippen LogP contribution in [-0.2, 0) is 4.79 Å². The number of phenolic OH excluding ortho intramolecular Hbond substituents is 1. The third-order valence-electron chi connectivity index (χ3n) is 3.64. The molecule has 5 nitrogen and oxygen atoms in total. The predicted molar refractivity (Wildman–Crippen MR) is 80.4 cm³/mol. The lowest BCUT2D eigenvalue weighted by Gasteiger charge is -2.14. The minimum atomic E-state index is -0.780. The molecule has 1 rings (SSSR count). The molecule has 0 heterocycles. The average molecular weight is 293 g/mol. The lowest BCUT2D eigenvalue weighted by atomic mass is 9.96. The highest BCUT2D eigenvalue weighted by Crippen LogP contribution is 2.17. The molecule has 1 atom stereocenters. The first kappa shape index (κ1) is 17.0. The number of carboxylic acids is 1. The molecule has 1 amide bonds. The maximum absolute atomic E-state index is 12.0. The van der Waals surface area contributed by atoms with E-state index in [1.807, 2.05) is 6.92 Å². The number of aryl methyl sites for hydroxylation is 1. The lowest BCUT2D eigenvalue weighted by molar-refractivity contribution is -0.137. The lowest BCUT2D eigenvalue weighted by Crippen LogP contribution is -2.26. The highest BCUT2D eigenvalue weighted by Gasteiger charge is 2.12. The van der Waals surface area contributed by atoms with Gasteiger partial charge in [-0.15, -0.1) is 0 Å². The fourth-order valence-corrected chi connectivity index (χ4v) is 2.27. The van der Waals surface area contributed by atoms with Gasteiger partial charge in [0.25, 0.3) is 5.91 Å². The van der Waals surface area contributed by atoms with Gasteiger partial charge in [-0.2, -0.15) is 0 Å². The highest BCUT2D eigenvalue weighted by atomic mass is 16.4. The molecule has 0 spiro atoms. The molecule has 1 aromatic carbocycles. The molecule has 0 saturated heterocycles. The van der Waals surface area contributed by atoms with Gasteiger partial charge < -0.3 is 15.5 Å². The maximum atomic E-state index is 12.0. The second kappa shape index (κ2) is 8.29. The van der Waals surface area contributed by atoms with Crippen LogP contribution < -0.4 is 5.32 Å². The van der Waals surface area contributed by atoms with Crippen LogP contribution in [0.5, 0.6) is 5.75 Å². The van der Waals surface area contributed by atoms with Crippen LogP contribution in [0.1, 0.15) is 48.5 Å². The van der Waals surface area contributed by atoms with Crippen LogP contribution in [-0.4, -0.2) is 28.6 Å². The van der Waals surface area contributed by atoms with Gasteiger partial charge in [0.15, 0.2) is 0 Å². The van der Waals surface area contributed by atoms with Gasteiger partial charge in [-0.1, -0.05) is 13.3 Å². The summed E-state index contributed by atoms with van der Waals surface area (Å²) in [5.74, 6) is -0.496. The van der Waals surface area contributed by atoms with E-state index in [-0.39, 0.29) is 18.1 Å². The molecular weight excluding hydrogens is 270 g/mol. The molecule has 0 fully saturated rings. The van der Waals surface area contributed by atoms with Crippen molar-refractivity contribution < 1.29 is 19.8 Å². The predicted octanol–water partition coefficient (Wildman–Crippen LogP) is 2.71. The Labute approximate surface area is 125 Å². The number of carbonyl (C=O) groups excluding carboxylic acids is 1. The van der Waals surface area contributed by atoms with E-state index in [2.05, 4.69) is 5.32 Å². The number of hydrogen-bond donors (Lipinski definition) is 3. The minimum absolute atomic E-state index is 0.142. The van der Waals surface area contributed by atoms with E-state index in [1.54, 1.807) is 19.1 Å². The van der Waals surface area contributed by atoms with Crippen LogP contribution in [0.25, 0.3) is 0 Å². The molecule has 3 N–H and O–H groups in total. The van der Waals surface area contributed by atoms with Crippen LogP contribution in [0, 0.1) is 12.8 Å². The van der Waals surface area contributed by atoms with Gasteiger partial charge in [0, 0.05) is 18.5 Å². The zero-order valence-electron chi connectivity index (χ0n) is 12.6. The number of nitrogens with one attached hydrogen (secondary N) is 1. The summed E-state index contributed by atoms with van der Waals surface area (Å²) in [6.45, 7) is 4.33. The largest absolute Gasteiger partial charge is 0.508 e. The quantitative estimate of drug-likeness (QED) is 0.688. The summed E-state index contributed by atoms with van der Waals surface area (Å²) in [4.78, 5) is 22.6. The number of carboxylic acid groups (broad SMARTS) is 1.